The van der Waals surface area contributed by atoms with Crippen LogP contribution in [0.1, 0.15) is 6.42 Å². The van der Waals surface area contributed by atoms with Gasteiger partial charge in [-0.05, 0) is 6.08 Å². The quantitative estimate of drug-likeness (QED) is 0.169. The molecule has 8 nitrogen and oxygen atoms in total. The summed E-state index contributed by atoms with van der Waals surface area (Å²) < 4.78 is 13.4. The van der Waals surface area contributed by atoms with Crippen molar-refractivity contribution in [3.8, 4) is 0 Å². The van der Waals surface area contributed by atoms with Crippen LogP contribution in [-0.4, -0.2) is 51.4 Å². The second-order valence-corrected chi connectivity index (χ2v) is 3.54. The molecule has 1 heterocycles. The number of hydrogen-bond acceptors (Lipinski definition) is 8. The molecule has 0 aromatic rings. The first kappa shape index (κ1) is 15.1. The molecule has 0 aromatic carbocycles. The van der Waals surface area contributed by atoms with E-state index in [1.165, 1.54) is 13.2 Å². The maximum absolute atomic E-state index is 11.4. The summed E-state index contributed by atoms with van der Waals surface area (Å²) in [6, 6.07) is 0. The maximum Gasteiger partial charge on any atom is 0.345 e. The second kappa shape index (κ2) is 6.86. The van der Waals surface area contributed by atoms with Gasteiger partial charge in [0.1, 0.15) is 11.7 Å². The number of carbonyl (C=O) groups is 3. The van der Waals surface area contributed by atoms with Crippen LogP contribution in [0.25, 0.3) is 0 Å². The van der Waals surface area contributed by atoms with Gasteiger partial charge in [0.2, 0.25) is 0 Å². The van der Waals surface area contributed by atoms with Crippen molar-refractivity contribution in [2.75, 3.05) is 21.3 Å². The van der Waals surface area contributed by atoms with Crippen molar-refractivity contribution >= 4 is 17.9 Å². The first-order valence-electron chi connectivity index (χ1n) is 5.31. The molecule has 1 saturated heterocycles. The van der Waals surface area contributed by atoms with Crippen LogP contribution in [-0.2, 0) is 38.4 Å². The molecular formula is C11H14O8. The van der Waals surface area contributed by atoms with Gasteiger partial charge in [0, 0.05) is 6.42 Å². The normalized spacial score (nSPS) is 21.4. The Hall–Kier alpha value is -1.93. The molecule has 0 saturated carbocycles. The molecule has 0 unspecified atom stereocenters. The van der Waals surface area contributed by atoms with Crippen molar-refractivity contribution in [2.45, 2.75) is 18.6 Å². The molecule has 106 valence electrons. The average molecular weight is 274 g/mol. The van der Waals surface area contributed by atoms with E-state index in [1.54, 1.807) is 0 Å². The molecule has 19 heavy (non-hydrogen) atoms. The van der Waals surface area contributed by atoms with Gasteiger partial charge in [0.05, 0.1) is 21.3 Å². The number of hydrogen-bond donors (Lipinski definition) is 0. The van der Waals surface area contributed by atoms with Crippen molar-refractivity contribution in [3.05, 3.63) is 11.6 Å². The highest BCUT2D eigenvalue weighted by Crippen LogP contribution is 2.20. The molecule has 0 spiro atoms. The minimum atomic E-state index is -0.900. The first-order valence-corrected chi connectivity index (χ1v) is 5.31. The van der Waals surface area contributed by atoms with Crippen LogP contribution in [0.15, 0.2) is 11.6 Å². The van der Waals surface area contributed by atoms with Gasteiger partial charge in [-0.2, -0.15) is 0 Å². The van der Waals surface area contributed by atoms with Crippen LogP contribution in [0, 0.1) is 0 Å². The molecule has 8 heteroatoms. The van der Waals surface area contributed by atoms with E-state index in [9.17, 15) is 14.4 Å². The van der Waals surface area contributed by atoms with E-state index in [2.05, 4.69) is 14.2 Å². The second-order valence-electron chi connectivity index (χ2n) is 3.54. The highest BCUT2D eigenvalue weighted by molar-refractivity contribution is 6.14. The van der Waals surface area contributed by atoms with Gasteiger partial charge < -0.3 is 14.2 Å². The summed E-state index contributed by atoms with van der Waals surface area (Å²) in [4.78, 5) is 43.5. The zero-order valence-electron chi connectivity index (χ0n) is 10.7. The summed E-state index contributed by atoms with van der Waals surface area (Å²) in [6.45, 7) is 0. The minimum Gasteiger partial charge on any atom is -0.467 e. The van der Waals surface area contributed by atoms with E-state index < -0.39 is 30.1 Å². The van der Waals surface area contributed by atoms with Crippen LogP contribution in [0.5, 0.6) is 0 Å². The Morgan fingerprint density at radius 1 is 1.00 bits per heavy atom. The number of esters is 3. The largest absolute Gasteiger partial charge is 0.467 e. The maximum atomic E-state index is 11.4. The third-order valence-electron chi connectivity index (χ3n) is 2.37. The lowest BCUT2D eigenvalue weighted by atomic mass is 10.1. The topological polar surface area (TPSA) is 97.4 Å². The fraction of sp³-hybridized carbons (Fsp3) is 0.545. The average Bonchev–Trinajstić information content (AvgIpc) is 2.90. The van der Waals surface area contributed by atoms with Gasteiger partial charge >= 0.3 is 17.9 Å². The smallest absolute Gasteiger partial charge is 0.345 e. The van der Waals surface area contributed by atoms with Gasteiger partial charge in [-0.25, -0.2) is 24.2 Å². The first-order chi connectivity index (χ1) is 9.03. The number of ether oxygens (including phenoxy) is 3. The Bertz CT molecular complexity index is 381. The van der Waals surface area contributed by atoms with Gasteiger partial charge in [-0.3, -0.25) is 0 Å². The lowest BCUT2D eigenvalue weighted by molar-refractivity contribution is -0.287. The summed E-state index contributed by atoms with van der Waals surface area (Å²) in [7, 11) is 3.47. The fourth-order valence-electron chi connectivity index (χ4n) is 1.42. The van der Waals surface area contributed by atoms with Crippen molar-refractivity contribution in [1.82, 2.24) is 0 Å². The highest BCUT2D eigenvalue weighted by atomic mass is 17.2. The molecular weight excluding hydrogens is 260 g/mol. The minimum absolute atomic E-state index is 0.115. The van der Waals surface area contributed by atoms with E-state index in [0.29, 0.717) is 0 Å². The van der Waals surface area contributed by atoms with E-state index in [-0.39, 0.29) is 12.0 Å². The van der Waals surface area contributed by atoms with Crippen LogP contribution in [0.3, 0.4) is 0 Å². The Morgan fingerprint density at radius 3 is 2.05 bits per heavy atom. The molecule has 0 radical (unpaired) electrons. The number of rotatable bonds is 4. The molecule has 1 rings (SSSR count). The van der Waals surface area contributed by atoms with Crippen LogP contribution >= 0.6 is 0 Å². The van der Waals surface area contributed by atoms with E-state index in [0.717, 1.165) is 14.2 Å². The number of carbonyl (C=O) groups excluding carboxylic acids is 3. The van der Waals surface area contributed by atoms with E-state index in [4.69, 9.17) is 9.78 Å². The van der Waals surface area contributed by atoms with Gasteiger partial charge in [0.15, 0.2) is 6.10 Å². The monoisotopic (exact) mass is 274 g/mol. The molecule has 1 fully saturated rings. The Kier molecular flexibility index (Phi) is 5.46. The fourth-order valence-corrected chi connectivity index (χ4v) is 1.42. The van der Waals surface area contributed by atoms with Crippen molar-refractivity contribution < 1.29 is 38.4 Å². The van der Waals surface area contributed by atoms with E-state index in [1.807, 2.05) is 0 Å². The molecule has 0 aromatic heterocycles. The lowest BCUT2D eigenvalue weighted by Gasteiger charge is -2.05. The standard InChI is InChI=1S/C11H14O8/c1-15-9(12)7(10(13)16-2)4-6-5-8(19-18-6)11(14)17-3/h4,6,8H,5H2,1-3H3/t6-,8-/m0/s1. The van der Waals surface area contributed by atoms with Gasteiger partial charge in [0.25, 0.3) is 0 Å². The molecule has 0 N–H and O–H groups in total. The van der Waals surface area contributed by atoms with Crippen molar-refractivity contribution in [3.63, 3.8) is 0 Å². The molecule has 1 aliphatic rings. The molecule has 2 atom stereocenters. The van der Waals surface area contributed by atoms with Gasteiger partial charge in [-0.15, -0.1) is 0 Å². The molecule has 0 aliphatic carbocycles. The zero-order valence-corrected chi connectivity index (χ0v) is 10.7. The SMILES string of the molecule is COC(=O)C(=C[C@H]1C[C@@H](C(=O)OC)OO1)C(=O)OC. The zero-order chi connectivity index (χ0) is 14.4. The van der Waals surface area contributed by atoms with Crippen molar-refractivity contribution in [2.24, 2.45) is 0 Å². The molecule has 0 bridgehead atoms. The van der Waals surface area contributed by atoms with E-state index >= 15 is 0 Å². The third kappa shape index (κ3) is 3.76. The third-order valence-corrected chi connectivity index (χ3v) is 2.37. The highest BCUT2D eigenvalue weighted by Gasteiger charge is 2.34. The van der Waals surface area contributed by atoms with Crippen LogP contribution in [0.2, 0.25) is 0 Å². The molecule has 1 aliphatic heterocycles. The number of methoxy groups -OCH3 is 3. The Balaban J connectivity index is 2.78. The van der Waals surface area contributed by atoms with Crippen molar-refractivity contribution in [1.29, 1.82) is 0 Å². The van der Waals surface area contributed by atoms with Gasteiger partial charge in [-0.1, -0.05) is 0 Å². The summed E-state index contributed by atoms with van der Waals surface area (Å²) in [5.74, 6) is -2.33. The summed E-state index contributed by atoms with van der Waals surface area (Å²) in [5.41, 5.74) is -0.330. The van der Waals surface area contributed by atoms with Crippen LogP contribution in [0.4, 0.5) is 0 Å². The lowest BCUT2D eigenvalue weighted by Crippen LogP contribution is -2.21. The predicted molar refractivity (Wildman–Crippen MR) is 58.5 cm³/mol. The summed E-state index contributed by atoms with van der Waals surface area (Å²) >= 11 is 0. The predicted octanol–water partition coefficient (Wildman–Crippen LogP) is -0.479. The summed E-state index contributed by atoms with van der Waals surface area (Å²) in [5, 5.41) is 0. The van der Waals surface area contributed by atoms with Crippen LogP contribution < -0.4 is 0 Å². The summed E-state index contributed by atoms with van der Waals surface area (Å²) in [6.07, 6.45) is -0.356. The Labute approximate surface area is 109 Å². The Morgan fingerprint density at radius 2 is 1.58 bits per heavy atom. The molecule has 0 amide bonds.